The number of rotatable bonds is 2. The zero-order valence-electron chi connectivity index (χ0n) is 11.0. The third-order valence-electron chi connectivity index (χ3n) is 3.02. The molecular weight excluding hydrogens is 312 g/mol. The van der Waals surface area contributed by atoms with E-state index < -0.39 is 9.84 Å². The van der Waals surface area contributed by atoms with Crippen LogP contribution < -0.4 is 5.73 Å². The summed E-state index contributed by atoms with van der Waals surface area (Å²) in [4.78, 5) is 11.0. The molecule has 0 unspecified atom stereocenters. The largest absolute Gasteiger partial charge is 0.384 e. The number of H-pyrrole nitrogens is 1. The first-order valence-electron chi connectivity index (χ1n) is 6.02. The lowest BCUT2D eigenvalue weighted by atomic mass is 10.4. The summed E-state index contributed by atoms with van der Waals surface area (Å²) in [6.07, 6.45) is 0. The molecule has 0 aliphatic rings. The molecule has 3 rings (SSSR count). The van der Waals surface area contributed by atoms with Crippen molar-refractivity contribution >= 4 is 38.3 Å². The Morgan fingerprint density at radius 1 is 1.19 bits per heavy atom. The molecule has 0 aliphatic heterocycles. The van der Waals surface area contributed by atoms with Crippen LogP contribution in [0.1, 0.15) is 5.82 Å². The van der Waals surface area contributed by atoms with Crippen molar-refractivity contribution < 1.29 is 8.42 Å². The van der Waals surface area contributed by atoms with E-state index in [-0.39, 0.29) is 26.3 Å². The molecule has 0 radical (unpaired) electrons. The fourth-order valence-electron chi connectivity index (χ4n) is 2.12. The Balaban J connectivity index is 2.38. The smallest absolute Gasteiger partial charge is 0.212 e. The second-order valence-electron chi connectivity index (χ2n) is 4.47. The molecule has 0 amide bonds. The topological polar surface area (TPSA) is 102 Å². The second kappa shape index (κ2) is 4.71. The lowest BCUT2D eigenvalue weighted by Crippen LogP contribution is -2.05. The number of aromatic nitrogens is 3. The summed E-state index contributed by atoms with van der Waals surface area (Å²) in [6, 6.07) is 8.03. The van der Waals surface area contributed by atoms with E-state index in [4.69, 9.17) is 17.3 Å². The maximum Gasteiger partial charge on any atom is 0.212 e. The summed E-state index contributed by atoms with van der Waals surface area (Å²) >= 11 is 6.01. The first kappa shape index (κ1) is 13.8. The maximum atomic E-state index is 12.7. The molecule has 0 fully saturated rings. The summed E-state index contributed by atoms with van der Waals surface area (Å²) in [6.45, 7) is 1.63. The number of halogens is 1. The Kier molecular flexibility index (Phi) is 3.11. The van der Waals surface area contributed by atoms with E-state index in [1.165, 1.54) is 12.1 Å². The standard InChI is InChI=1S/C13H11ClN4O2S/c1-7-16-9-10(12(14)17-7)18-13(15)11(9)21(19,20)8-5-3-2-4-6-8/h2-6,18H,15H2,1H3. The lowest BCUT2D eigenvalue weighted by Gasteiger charge is -2.04. The van der Waals surface area contributed by atoms with Crippen LogP contribution in [-0.2, 0) is 9.84 Å². The van der Waals surface area contributed by atoms with E-state index in [9.17, 15) is 8.42 Å². The lowest BCUT2D eigenvalue weighted by molar-refractivity contribution is 0.597. The Morgan fingerprint density at radius 3 is 2.52 bits per heavy atom. The molecule has 0 aliphatic carbocycles. The highest BCUT2D eigenvalue weighted by atomic mass is 35.5. The Labute approximate surface area is 125 Å². The average molecular weight is 323 g/mol. The number of nitrogens with zero attached hydrogens (tertiary/aromatic N) is 2. The third-order valence-corrected chi connectivity index (χ3v) is 5.14. The Hall–Kier alpha value is -2.12. The zero-order chi connectivity index (χ0) is 15.2. The van der Waals surface area contributed by atoms with Crippen molar-refractivity contribution in [1.29, 1.82) is 0 Å². The van der Waals surface area contributed by atoms with Crippen LogP contribution in [0, 0.1) is 6.92 Å². The first-order valence-corrected chi connectivity index (χ1v) is 7.89. The van der Waals surface area contributed by atoms with Crippen LogP contribution in [-0.4, -0.2) is 23.4 Å². The van der Waals surface area contributed by atoms with Crippen molar-refractivity contribution in [3.8, 4) is 0 Å². The van der Waals surface area contributed by atoms with Gasteiger partial charge in [-0.1, -0.05) is 29.8 Å². The van der Waals surface area contributed by atoms with Gasteiger partial charge in [0.1, 0.15) is 27.6 Å². The van der Waals surface area contributed by atoms with Crippen molar-refractivity contribution in [3.63, 3.8) is 0 Å². The fraction of sp³-hybridized carbons (Fsp3) is 0.0769. The van der Waals surface area contributed by atoms with Gasteiger partial charge in [0, 0.05) is 0 Å². The molecule has 0 atom stereocenters. The molecule has 21 heavy (non-hydrogen) atoms. The minimum absolute atomic E-state index is 0.00402. The highest BCUT2D eigenvalue weighted by Crippen LogP contribution is 2.34. The highest BCUT2D eigenvalue weighted by Gasteiger charge is 2.27. The number of nitrogen functional groups attached to an aromatic ring is 1. The van der Waals surface area contributed by atoms with E-state index in [0.717, 1.165) is 0 Å². The van der Waals surface area contributed by atoms with Crippen LogP contribution in [0.3, 0.4) is 0 Å². The van der Waals surface area contributed by atoms with E-state index in [1.807, 2.05) is 0 Å². The average Bonchev–Trinajstić information content (AvgIpc) is 2.77. The van der Waals surface area contributed by atoms with Gasteiger partial charge in [-0.15, -0.1) is 0 Å². The van der Waals surface area contributed by atoms with Crippen LogP contribution in [0.25, 0.3) is 11.0 Å². The van der Waals surface area contributed by atoms with Gasteiger partial charge < -0.3 is 10.7 Å². The number of hydrogen-bond acceptors (Lipinski definition) is 5. The molecule has 3 aromatic rings. The van der Waals surface area contributed by atoms with Crippen molar-refractivity contribution in [1.82, 2.24) is 15.0 Å². The number of benzene rings is 1. The normalized spacial score (nSPS) is 11.9. The van der Waals surface area contributed by atoms with Crippen molar-refractivity contribution in [2.24, 2.45) is 0 Å². The van der Waals surface area contributed by atoms with Crippen LogP contribution in [0.15, 0.2) is 40.1 Å². The molecule has 2 heterocycles. The Morgan fingerprint density at radius 2 is 1.86 bits per heavy atom. The van der Waals surface area contributed by atoms with Crippen LogP contribution in [0.5, 0.6) is 0 Å². The number of aromatic amines is 1. The quantitative estimate of drug-likeness (QED) is 0.705. The summed E-state index contributed by atoms with van der Waals surface area (Å²) < 4.78 is 25.5. The van der Waals surface area contributed by atoms with Gasteiger partial charge in [0.2, 0.25) is 9.84 Å². The SMILES string of the molecule is Cc1nc(Cl)c2[nH]c(N)c(S(=O)(=O)c3ccccc3)c2n1. The number of nitrogens with one attached hydrogen (secondary N) is 1. The minimum atomic E-state index is -3.79. The van der Waals surface area contributed by atoms with Gasteiger partial charge in [-0.3, -0.25) is 0 Å². The fourth-order valence-corrected chi connectivity index (χ4v) is 3.87. The minimum Gasteiger partial charge on any atom is -0.384 e. The molecule has 0 spiro atoms. The molecule has 3 N–H and O–H groups in total. The van der Waals surface area contributed by atoms with Gasteiger partial charge in [-0.25, -0.2) is 18.4 Å². The van der Waals surface area contributed by atoms with Gasteiger partial charge in [-0.2, -0.15) is 0 Å². The summed E-state index contributed by atoms with van der Waals surface area (Å²) in [5.74, 6) is 0.367. The summed E-state index contributed by atoms with van der Waals surface area (Å²) in [5, 5.41) is 0.138. The van der Waals surface area contributed by atoms with Gasteiger partial charge >= 0.3 is 0 Å². The third kappa shape index (κ3) is 2.14. The number of hydrogen-bond donors (Lipinski definition) is 2. The first-order chi connectivity index (χ1) is 9.91. The van der Waals surface area contributed by atoms with Gasteiger partial charge in [0.05, 0.1) is 4.90 Å². The van der Waals surface area contributed by atoms with Gasteiger partial charge in [-0.05, 0) is 19.1 Å². The molecule has 0 saturated heterocycles. The number of aryl methyl sites for hydroxylation is 1. The molecule has 108 valence electrons. The monoisotopic (exact) mass is 322 g/mol. The highest BCUT2D eigenvalue weighted by molar-refractivity contribution is 7.92. The van der Waals surface area contributed by atoms with E-state index >= 15 is 0 Å². The molecule has 1 aromatic carbocycles. The summed E-state index contributed by atoms with van der Waals surface area (Å²) in [5.41, 5.74) is 6.35. The predicted octanol–water partition coefficient (Wildman–Crippen LogP) is 2.33. The Bertz CT molecular complexity index is 936. The van der Waals surface area contributed by atoms with E-state index in [0.29, 0.717) is 11.3 Å². The van der Waals surface area contributed by atoms with Crippen molar-refractivity contribution in [3.05, 3.63) is 41.3 Å². The molecule has 2 aromatic heterocycles. The van der Waals surface area contributed by atoms with Crippen molar-refractivity contribution in [2.45, 2.75) is 16.7 Å². The number of fused-ring (bicyclic) bond motifs is 1. The predicted molar refractivity (Wildman–Crippen MR) is 79.9 cm³/mol. The maximum absolute atomic E-state index is 12.7. The van der Waals surface area contributed by atoms with Gasteiger partial charge in [0.15, 0.2) is 5.15 Å². The van der Waals surface area contributed by atoms with Gasteiger partial charge in [0.25, 0.3) is 0 Å². The molecule has 8 heteroatoms. The van der Waals surface area contributed by atoms with Crippen LogP contribution in [0.2, 0.25) is 5.15 Å². The van der Waals surface area contributed by atoms with E-state index in [2.05, 4.69) is 15.0 Å². The number of anilines is 1. The second-order valence-corrected chi connectivity index (χ2v) is 6.71. The van der Waals surface area contributed by atoms with Crippen LogP contribution in [0.4, 0.5) is 5.82 Å². The van der Waals surface area contributed by atoms with Crippen LogP contribution >= 0.6 is 11.6 Å². The van der Waals surface area contributed by atoms with E-state index in [1.54, 1.807) is 25.1 Å². The number of nitrogens with two attached hydrogens (primary N) is 1. The molecule has 6 nitrogen and oxygen atoms in total. The summed E-state index contributed by atoms with van der Waals surface area (Å²) in [7, 11) is -3.79. The molecule has 0 bridgehead atoms. The molecule has 0 saturated carbocycles. The number of sulfone groups is 1. The molecular formula is C13H11ClN4O2S. The zero-order valence-corrected chi connectivity index (χ0v) is 12.5. The van der Waals surface area contributed by atoms with Crippen molar-refractivity contribution in [2.75, 3.05) is 5.73 Å².